The van der Waals surface area contributed by atoms with Crippen LogP contribution >= 0.6 is 11.6 Å². The first-order valence-electron chi connectivity index (χ1n) is 3.94. The molecule has 6 nitrogen and oxygen atoms in total. The summed E-state index contributed by atoms with van der Waals surface area (Å²) in [5, 5.41) is 13.4. The summed E-state index contributed by atoms with van der Waals surface area (Å²) < 4.78 is 0. The SMILES string of the molecule is CC(C)Nc1nc(Cl)ncc1[N+](=O)[O-]. The predicted molar refractivity (Wildman–Crippen MR) is 52.5 cm³/mol. The van der Waals surface area contributed by atoms with Crippen molar-refractivity contribution < 1.29 is 4.92 Å². The van der Waals surface area contributed by atoms with Crippen LogP contribution in [0.25, 0.3) is 0 Å². The largest absolute Gasteiger partial charge is 0.362 e. The zero-order chi connectivity index (χ0) is 10.7. The number of hydrogen-bond acceptors (Lipinski definition) is 5. The Kier molecular flexibility index (Phi) is 3.19. The third kappa shape index (κ3) is 2.53. The van der Waals surface area contributed by atoms with Crippen molar-refractivity contribution in [2.75, 3.05) is 5.32 Å². The van der Waals surface area contributed by atoms with Gasteiger partial charge >= 0.3 is 5.69 Å². The van der Waals surface area contributed by atoms with Crippen LogP contribution in [0.3, 0.4) is 0 Å². The Labute approximate surface area is 85.5 Å². The van der Waals surface area contributed by atoms with Gasteiger partial charge in [0, 0.05) is 6.04 Å². The van der Waals surface area contributed by atoms with Gasteiger partial charge in [-0.3, -0.25) is 10.1 Å². The summed E-state index contributed by atoms with van der Waals surface area (Å²) in [7, 11) is 0. The minimum Gasteiger partial charge on any atom is -0.362 e. The molecule has 0 amide bonds. The van der Waals surface area contributed by atoms with E-state index < -0.39 is 4.92 Å². The summed E-state index contributed by atoms with van der Waals surface area (Å²) in [5.74, 6) is 0.144. The molecule has 0 aliphatic heterocycles. The third-order valence-electron chi connectivity index (χ3n) is 1.36. The molecular weight excluding hydrogens is 208 g/mol. The molecule has 1 aromatic rings. The fraction of sp³-hybridized carbons (Fsp3) is 0.429. The molecule has 0 atom stereocenters. The number of hydrogen-bond donors (Lipinski definition) is 1. The normalized spacial score (nSPS) is 10.3. The van der Waals surface area contributed by atoms with Crippen molar-refractivity contribution in [2.45, 2.75) is 19.9 Å². The van der Waals surface area contributed by atoms with Gasteiger partial charge in [0.15, 0.2) is 0 Å². The fourth-order valence-corrected chi connectivity index (χ4v) is 1.00. The van der Waals surface area contributed by atoms with Crippen molar-refractivity contribution in [3.8, 4) is 0 Å². The van der Waals surface area contributed by atoms with Crippen molar-refractivity contribution in [3.05, 3.63) is 21.6 Å². The first-order valence-corrected chi connectivity index (χ1v) is 4.32. The van der Waals surface area contributed by atoms with Crippen LogP contribution in [0, 0.1) is 10.1 Å². The number of anilines is 1. The van der Waals surface area contributed by atoms with Gasteiger partial charge in [-0.15, -0.1) is 0 Å². The first-order chi connectivity index (χ1) is 6.50. The number of nitrogens with zero attached hydrogens (tertiary/aromatic N) is 3. The van der Waals surface area contributed by atoms with Crippen molar-refractivity contribution >= 4 is 23.1 Å². The number of halogens is 1. The zero-order valence-electron chi connectivity index (χ0n) is 7.69. The smallest absolute Gasteiger partial charge is 0.329 e. The van der Waals surface area contributed by atoms with Crippen LogP contribution in [0.4, 0.5) is 11.5 Å². The lowest BCUT2D eigenvalue weighted by atomic mass is 10.4. The van der Waals surface area contributed by atoms with Gasteiger partial charge < -0.3 is 5.32 Å². The van der Waals surface area contributed by atoms with Gasteiger partial charge in [0.1, 0.15) is 6.20 Å². The van der Waals surface area contributed by atoms with Gasteiger partial charge in [-0.25, -0.2) is 4.98 Å². The Morgan fingerprint density at radius 2 is 2.29 bits per heavy atom. The number of rotatable bonds is 3. The Bertz CT molecular complexity index is 356. The van der Waals surface area contributed by atoms with Crippen LogP contribution in [0.5, 0.6) is 0 Å². The van der Waals surface area contributed by atoms with Gasteiger partial charge in [-0.2, -0.15) is 4.98 Å². The highest BCUT2D eigenvalue weighted by Crippen LogP contribution is 2.22. The van der Waals surface area contributed by atoms with E-state index in [9.17, 15) is 10.1 Å². The molecule has 1 heterocycles. The quantitative estimate of drug-likeness (QED) is 0.474. The molecule has 0 fully saturated rings. The van der Waals surface area contributed by atoms with E-state index in [2.05, 4.69) is 15.3 Å². The topological polar surface area (TPSA) is 81.0 Å². The van der Waals surface area contributed by atoms with Crippen molar-refractivity contribution in [1.29, 1.82) is 0 Å². The molecule has 1 aromatic heterocycles. The lowest BCUT2D eigenvalue weighted by Crippen LogP contribution is -2.13. The molecule has 76 valence electrons. The Morgan fingerprint density at radius 1 is 1.64 bits per heavy atom. The van der Waals surface area contributed by atoms with Gasteiger partial charge in [0.05, 0.1) is 4.92 Å². The molecule has 0 aliphatic rings. The number of nitrogens with one attached hydrogen (secondary N) is 1. The summed E-state index contributed by atoms with van der Waals surface area (Å²) in [4.78, 5) is 17.3. The van der Waals surface area contributed by atoms with E-state index in [-0.39, 0.29) is 22.8 Å². The van der Waals surface area contributed by atoms with Crippen molar-refractivity contribution in [1.82, 2.24) is 9.97 Å². The second-order valence-electron chi connectivity index (χ2n) is 2.93. The molecule has 0 saturated carbocycles. The van der Waals surface area contributed by atoms with Crippen molar-refractivity contribution in [3.63, 3.8) is 0 Å². The predicted octanol–water partition coefficient (Wildman–Crippen LogP) is 1.86. The van der Waals surface area contributed by atoms with Crippen LogP contribution in [0.15, 0.2) is 6.20 Å². The zero-order valence-corrected chi connectivity index (χ0v) is 8.45. The molecule has 0 radical (unpaired) electrons. The molecule has 0 saturated heterocycles. The standard InChI is InChI=1S/C7H9ClN4O2/c1-4(2)10-6-5(12(13)14)3-9-7(8)11-6/h3-4H,1-2H3,(H,9,10,11). The van der Waals surface area contributed by atoms with E-state index >= 15 is 0 Å². The molecule has 0 spiro atoms. The van der Waals surface area contributed by atoms with E-state index in [4.69, 9.17) is 11.6 Å². The molecule has 1 rings (SSSR count). The molecule has 0 aliphatic carbocycles. The Morgan fingerprint density at radius 3 is 2.79 bits per heavy atom. The maximum Gasteiger partial charge on any atom is 0.329 e. The Balaban J connectivity index is 3.09. The summed E-state index contributed by atoms with van der Waals surface area (Å²) in [6, 6.07) is 0.0414. The lowest BCUT2D eigenvalue weighted by Gasteiger charge is -2.08. The van der Waals surface area contributed by atoms with Crippen LogP contribution < -0.4 is 5.32 Å². The molecule has 1 N–H and O–H groups in total. The monoisotopic (exact) mass is 216 g/mol. The summed E-state index contributed by atoms with van der Waals surface area (Å²) >= 11 is 5.52. The van der Waals surface area contributed by atoms with E-state index in [0.29, 0.717) is 0 Å². The maximum atomic E-state index is 10.6. The van der Waals surface area contributed by atoms with Gasteiger partial charge in [0.2, 0.25) is 11.1 Å². The average molecular weight is 217 g/mol. The highest BCUT2D eigenvalue weighted by atomic mass is 35.5. The van der Waals surface area contributed by atoms with E-state index in [1.165, 1.54) is 0 Å². The van der Waals surface area contributed by atoms with Crippen LogP contribution in [0.2, 0.25) is 5.28 Å². The number of aromatic nitrogens is 2. The summed E-state index contributed by atoms with van der Waals surface area (Å²) in [6.45, 7) is 3.69. The van der Waals surface area contributed by atoms with Gasteiger partial charge in [-0.05, 0) is 25.4 Å². The minimum atomic E-state index is -0.555. The van der Waals surface area contributed by atoms with Crippen molar-refractivity contribution in [2.24, 2.45) is 0 Å². The molecule has 14 heavy (non-hydrogen) atoms. The third-order valence-corrected chi connectivity index (χ3v) is 1.54. The highest BCUT2D eigenvalue weighted by molar-refractivity contribution is 6.28. The summed E-state index contributed by atoms with van der Waals surface area (Å²) in [5.41, 5.74) is -0.178. The second kappa shape index (κ2) is 4.19. The van der Waals surface area contributed by atoms with E-state index in [1.54, 1.807) is 0 Å². The van der Waals surface area contributed by atoms with Crippen LogP contribution in [-0.2, 0) is 0 Å². The van der Waals surface area contributed by atoms with E-state index in [0.717, 1.165) is 6.20 Å². The van der Waals surface area contributed by atoms with Gasteiger partial charge in [-0.1, -0.05) is 0 Å². The summed E-state index contributed by atoms with van der Waals surface area (Å²) in [6.07, 6.45) is 1.08. The highest BCUT2D eigenvalue weighted by Gasteiger charge is 2.16. The number of nitro groups is 1. The maximum absolute atomic E-state index is 10.6. The molecular formula is C7H9ClN4O2. The van der Waals surface area contributed by atoms with Crippen LogP contribution in [-0.4, -0.2) is 20.9 Å². The molecule has 0 bridgehead atoms. The lowest BCUT2D eigenvalue weighted by molar-refractivity contribution is -0.384. The fourth-order valence-electron chi connectivity index (χ4n) is 0.867. The van der Waals surface area contributed by atoms with E-state index in [1.807, 2.05) is 13.8 Å². The minimum absolute atomic E-state index is 0.0150. The van der Waals surface area contributed by atoms with Gasteiger partial charge in [0.25, 0.3) is 0 Å². The molecule has 0 aromatic carbocycles. The first kappa shape index (κ1) is 10.6. The second-order valence-corrected chi connectivity index (χ2v) is 3.27. The van der Waals surface area contributed by atoms with Crippen LogP contribution in [0.1, 0.15) is 13.8 Å². The molecule has 7 heteroatoms. The average Bonchev–Trinajstić information content (AvgIpc) is 2.01. The Hall–Kier alpha value is -1.43. The molecule has 0 unspecified atom stereocenters.